The van der Waals surface area contributed by atoms with E-state index in [0.717, 1.165) is 53.8 Å². The molecule has 0 unspecified atom stereocenters. The van der Waals surface area contributed by atoms with Gasteiger partial charge in [-0.05, 0) is 60.6 Å². The molecule has 0 aliphatic carbocycles. The molecule has 1 fully saturated rings. The Morgan fingerprint density at radius 2 is 1.94 bits per heavy atom. The van der Waals surface area contributed by atoms with Crippen molar-refractivity contribution in [2.75, 3.05) is 53.7 Å². The summed E-state index contributed by atoms with van der Waals surface area (Å²) in [7, 11) is -3.40. The summed E-state index contributed by atoms with van der Waals surface area (Å²) in [6, 6.07) is 11.4. The Morgan fingerprint density at radius 1 is 1.13 bits per heavy atom. The van der Waals surface area contributed by atoms with Crippen LogP contribution in [0.15, 0.2) is 45.7 Å². The highest BCUT2D eigenvalue weighted by Gasteiger charge is 2.33. The van der Waals surface area contributed by atoms with Gasteiger partial charge in [0.2, 0.25) is 0 Å². The number of carbonyl (C=O) groups excluding carboxylic acids is 1. The number of rotatable bonds is 3. The summed E-state index contributed by atoms with van der Waals surface area (Å²) in [5, 5.41) is 3.44. The van der Waals surface area contributed by atoms with E-state index in [1.165, 1.54) is 11.8 Å². The number of anilines is 3. The van der Waals surface area contributed by atoms with Crippen molar-refractivity contribution in [1.82, 2.24) is 0 Å². The van der Waals surface area contributed by atoms with Gasteiger partial charge >= 0.3 is 0 Å². The minimum absolute atomic E-state index is 0.00153. The summed E-state index contributed by atoms with van der Waals surface area (Å²) < 4.78 is 32.8. The first-order valence-corrected chi connectivity index (χ1v) is 12.5. The molecule has 8 nitrogen and oxygen atoms in total. The molecular formula is C21H22N4O4S2. The highest BCUT2D eigenvalue weighted by Crippen LogP contribution is 2.42. The van der Waals surface area contributed by atoms with Gasteiger partial charge in [-0.3, -0.25) is 4.79 Å². The van der Waals surface area contributed by atoms with Crippen LogP contribution in [0.1, 0.15) is 15.9 Å². The van der Waals surface area contributed by atoms with Gasteiger partial charge in [-0.2, -0.15) is 0 Å². The molecule has 0 bridgehead atoms. The molecule has 3 heterocycles. The molecule has 3 aliphatic rings. The van der Waals surface area contributed by atoms with Gasteiger partial charge in [-0.15, -0.1) is 4.40 Å². The van der Waals surface area contributed by atoms with E-state index >= 15 is 0 Å². The molecule has 5 rings (SSSR count). The van der Waals surface area contributed by atoms with Crippen molar-refractivity contribution < 1.29 is 17.9 Å². The Bertz CT molecular complexity index is 1190. The van der Waals surface area contributed by atoms with Crippen LogP contribution in [0.2, 0.25) is 0 Å². The maximum Gasteiger partial charge on any atom is 0.257 e. The summed E-state index contributed by atoms with van der Waals surface area (Å²) >= 11 is 1.28. The predicted octanol–water partition coefficient (Wildman–Crippen LogP) is 2.70. The number of morpholine rings is 1. The van der Waals surface area contributed by atoms with E-state index in [2.05, 4.69) is 20.7 Å². The monoisotopic (exact) mass is 458 g/mol. The number of amidine groups is 1. The van der Waals surface area contributed by atoms with Crippen molar-refractivity contribution in [3.8, 4) is 0 Å². The maximum absolute atomic E-state index is 12.9. The van der Waals surface area contributed by atoms with Crippen molar-refractivity contribution >= 4 is 49.9 Å². The number of nitrogens with zero attached hydrogens (tertiary/aromatic N) is 3. The Balaban J connectivity index is 1.33. The number of hydrogen-bond acceptors (Lipinski definition) is 7. The van der Waals surface area contributed by atoms with E-state index in [9.17, 15) is 13.2 Å². The average Bonchev–Trinajstić information content (AvgIpc) is 3.11. The second-order valence-electron chi connectivity index (χ2n) is 7.65. The minimum atomic E-state index is -3.40. The normalized spacial score (nSPS) is 19.5. The van der Waals surface area contributed by atoms with Crippen molar-refractivity contribution in [2.45, 2.75) is 11.8 Å². The predicted molar refractivity (Wildman–Crippen MR) is 123 cm³/mol. The van der Waals surface area contributed by atoms with E-state index in [-0.39, 0.29) is 11.7 Å². The second kappa shape index (κ2) is 7.85. The van der Waals surface area contributed by atoms with Gasteiger partial charge < -0.3 is 19.9 Å². The van der Waals surface area contributed by atoms with Crippen molar-refractivity contribution in [3.63, 3.8) is 0 Å². The SMILES string of the molecule is Cc1cc(N2CCOCC2)ccc1NC(=O)c1ccc2c(c1)SC1=NS(=O)(=O)CCN12. The largest absolute Gasteiger partial charge is 0.378 e. The van der Waals surface area contributed by atoms with Crippen LogP contribution in [-0.4, -0.2) is 58.1 Å². The number of ether oxygens (including phenoxy) is 1. The Hall–Kier alpha value is -2.56. The summed E-state index contributed by atoms with van der Waals surface area (Å²) in [6.45, 7) is 5.53. The lowest BCUT2D eigenvalue weighted by Crippen LogP contribution is -2.36. The molecule has 1 N–H and O–H groups in total. The van der Waals surface area contributed by atoms with Crippen LogP contribution in [0.3, 0.4) is 0 Å². The molecule has 0 aromatic heterocycles. The number of hydrogen-bond donors (Lipinski definition) is 1. The van der Waals surface area contributed by atoms with Crippen LogP contribution >= 0.6 is 11.8 Å². The fraction of sp³-hybridized carbons (Fsp3) is 0.333. The molecule has 1 saturated heterocycles. The summed E-state index contributed by atoms with van der Waals surface area (Å²) in [5.41, 5.74) is 4.29. The first-order chi connectivity index (χ1) is 14.9. The van der Waals surface area contributed by atoms with Crippen LogP contribution in [0.4, 0.5) is 17.1 Å². The highest BCUT2D eigenvalue weighted by molar-refractivity contribution is 8.15. The third-order valence-electron chi connectivity index (χ3n) is 5.57. The molecule has 2 aromatic rings. The zero-order chi connectivity index (χ0) is 21.6. The number of sulfonamides is 1. The number of aryl methyl sites for hydroxylation is 1. The Morgan fingerprint density at radius 3 is 2.71 bits per heavy atom. The molecule has 1 amide bonds. The first kappa shape index (κ1) is 20.3. The number of carbonyl (C=O) groups is 1. The van der Waals surface area contributed by atoms with E-state index in [1.807, 2.05) is 30.0 Å². The van der Waals surface area contributed by atoms with Crippen LogP contribution in [-0.2, 0) is 14.8 Å². The molecule has 31 heavy (non-hydrogen) atoms. The van der Waals surface area contributed by atoms with Crippen LogP contribution in [0.25, 0.3) is 0 Å². The fourth-order valence-electron chi connectivity index (χ4n) is 3.87. The van der Waals surface area contributed by atoms with Crippen LogP contribution < -0.4 is 15.1 Å². The lowest BCUT2D eigenvalue weighted by atomic mass is 10.1. The molecule has 2 aromatic carbocycles. The standard InChI is InChI=1S/C21H22N4O4S2/c1-14-12-16(24-6-9-29-10-7-24)3-4-17(14)22-20(26)15-2-5-18-19(13-15)30-21-23-31(27,28)11-8-25(18)21/h2-5,12-13H,6-11H2,1H3,(H,22,26). The van der Waals surface area contributed by atoms with E-state index in [4.69, 9.17) is 4.74 Å². The van der Waals surface area contributed by atoms with E-state index < -0.39 is 10.0 Å². The second-order valence-corrected chi connectivity index (χ2v) is 10.4. The number of amides is 1. The Labute approximate surface area is 185 Å². The minimum Gasteiger partial charge on any atom is -0.378 e. The molecule has 0 saturated carbocycles. The number of benzene rings is 2. The average molecular weight is 459 g/mol. The van der Waals surface area contributed by atoms with Crippen LogP contribution in [0.5, 0.6) is 0 Å². The molecule has 0 radical (unpaired) electrons. The zero-order valence-electron chi connectivity index (χ0n) is 17.0. The van der Waals surface area contributed by atoms with Gasteiger partial charge in [-0.1, -0.05) is 0 Å². The van der Waals surface area contributed by atoms with Crippen molar-refractivity contribution in [1.29, 1.82) is 0 Å². The third-order valence-corrected chi connectivity index (χ3v) is 7.88. The topological polar surface area (TPSA) is 91.3 Å². The van der Waals surface area contributed by atoms with Crippen molar-refractivity contribution in [2.24, 2.45) is 4.40 Å². The van der Waals surface area contributed by atoms with Crippen molar-refractivity contribution in [3.05, 3.63) is 47.5 Å². The van der Waals surface area contributed by atoms with Gasteiger partial charge in [0.1, 0.15) is 0 Å². The first-order valence-electron chi connectivity index (χ1n) is 10.1. The highest BCUT2D eigenvalue weighted by atomic mass is 32.2. The van der Waals surface area contributed by atoms with Crippen LogP contribution in [0, 0.1) is 6.92 Å². The van der Waals surface area contributed by atoms with Gasteiger partial charge in [0.25, 0.3) is 15.9 Å². The number of thioether (sulfide) groups is 1. The molecule has 162 valence electrons. The zero-order valence-corrected chi connectivity index (χ0v) is 18.6. The Kier molecular flexibility index (Phi) is 5.15. The van der Waals surface area contributed by atoms with Gasteiger partial charge in [0.15, 0.2) is 5.17 Å². The van der Waals surface area contributed by atoms with E-state index in [1.54, 1.807) is 12.1 Å². The smallest absolute Gasteiger partial charge is 0.257 e. The quantitative estimate of drug-likeness (QED) is 0.756. The third kappa shape index (κ3) is 4.02. The molecule has 0 atom stereocenters. The lowest BCUT2D eigenvalue weighted by molar-refractivity contribution is 0.102. The van der Waals surface area contributed by atoms with Gasteiger partial charge in [0.05, 0.1) is 24.7 Å². The molecule has 10 heteroatoms. The summed E-state index contributed by atoms with van der Waals surface area (Å²) in [4.78, 5) is 17.9. The summed E-state index contributed by atoms with van der Waals surface area (Å²) in [6.07, 6.45) is 0. The number of nitrogens with one attached hydrogen (secondary N) is 1. The van der Waals surface area contributed by atoms with Gasteiger partial charge in [-0.25, -0.2) is 8.42 Å². The summed E-state index contributed by atoms with van der Waals surface area (Å²) in [5.74, 6) is -0.205. The molecule has 0 spiro atoms. The fourth-order valence-corrected chi connectivity index (χ4v) is 6.17. The number of fused-ring (bicyclic) bond motifs is 3. The van der Waals surface area contributed by atoms with E-state index in [0.29, 0.717) is 17.3 Å². The van der Waals surface area contributed by atoms with Gasteiger partial charge in [0, 0.05) is 41.5 Å². The lowest BCUT2D eigenvalue weighted by Gasteiger charge is -2.29. The maximum atomic E-state index is 12.9. The molecular weight excluding hydrogens is 436 g/mol. The molecule has 3 aliphatic heterocycles.